The summed E-state index contributed by atoms with van der Waals surface area (Å²) in [6.45, 7) is 0. The zero-order valence-corrected chi connectivity index (χ0v) is 11.6. The van der Waals surface area contributed by atoms with Gasteiger partial charge in [0.25, 0.3) is 0 Å². The highest BCUT2D eigenvalue weighted by molar-refractivity contribution is 7.99. The third-order valence-corrected chi connectivity index (χ3v) is 4.00. The number of halogens is 5. The number of thioether (sulfide) groups is 1. The molecule has 0 radical (unpaired) electrons. The monoisotopic (exact) mass is 332 g/mol. The summed E-state index contributed by atoms with van der Waals surface area (Å²) in [5, 5.41) is 11.3. The molecule has 0 saturated heterocycles. The highest BCUT2D eigenvalue weighted by Gasteiger charge is 2.42. The minimum Gasteiger partial charge on any atom is -0.409 e. The van der Waals surface area contributed by atoms with Gasteiger partial charge in [-0.05, 0) is 18.2 Å². The van der Waals surface area contributed by atoms with Crippen molar-refractivity contribution in [1.82, 2.24) is 0 Å². The molecule has 0 aliphatic heterocycles. The molecule has 0 bridgehead atoms. The lowest BCUT2D eigenvalue weighted by Crippen LogP contribution is -2.37. The van der Waals surface area contributed by atoms with Crippen molar-refractivity contribution >= 4 is 40.8 Å². The van der Waals surface area contributed by atoms with Crippen LogP contribution in [0, 0.1) is 5.92 Å². The van der Waals surface area contributed by atoms with Crippen LogP contribution < -0.4 is 5.73 Å². The maximum atomic E-state index is 12.7. The van der Waals surface area contributed by atoms with E-state index in [9.17, 15) is 13.2 Å². The van der Waals surface area contributed by atoms with Crippen LogP contribution in [-0.2, 0) is 0 Å². The average Bonchev–Trinajstić information content (AvgIpc) is 2.31. The van der Waals surface area contributed by atoms with Crippen LogP contribution in [0.4, 0.5) is 13.2 Å². The molecule has 19 heavy (non-hydrogen) atoms. The van der Waals surface area contributed by atoms with E-state index >= 15 is 0 Å². The number of nitrogens with two attached hydrogens (primary N) is 1. The Morgan fingerprint density at radius 1 is 1.37 bits per heavy atom. The van der Waals surface area contributed by atoms with Crippen molar-refractivity contribution in [2.45, 2.75) is 11.1 Å². The van der Waals surface area contributed by atoms with Gasteiger partial charge in [-0.2, -0.15) is 13.2 Å². The van der Waals surface area contributed by atoms with Crippen molar-refractivity contribution < 1.29 is 18.4 Å². The normalized spacial score (nSPS) is 14.5. The van der Waals surface area contributed by atoms with E-state index in [4.69, 9.17) is 34.1 Å². The molecule has 1 atom stereocenters. The second-order valence-corrected chi connectivity index (χ2v) is 5.41. The Kier molecular flexibility index (Phi) is 5.64. The Balaban J connectivity index is 2.79. The minimum atomic E-state index is -4.58. The van der Waals surface area contributed by atoms with Crippen molar-refractivity contribution in [2.24, 2.45) is 16.8 Å². The topological polar surface area (TPSA) is 58.6 Å². The summed E-state index contributed by atoms with van der Waals surface area (Å²) in [4.78, 5) is 0.509. The quantitative estimate of drug-likeness (QED) is 0.288. The highest BCUT2D eigenvalue weighted by Crippen LogP contribution is 2.34. The van der Waals surface area contributed by atoms with Crippen molar-refractivity contribution in [3.05, 3.63) is 28.2 Å². The lowest BCUT2D eigenvalue weighted by molar-refractivity contribution is -0.150. The van der Waals surface area contributed by atoms with Crippen molar-refractivity contribution in [2.75, 3.05) is 5.75 Å². The van der Waals surface area contributed by atoms with Crippen LogP contribution in [0.3, 0.4) is 0 Å². The first-order valence-corrected chi connectivity index (χ1v) is 6.62. The summed E-state index contributed by atoms with van der Waals surface area (Å²) in [6, 6.07) is 4.48. The summed E-state index contributed by atoms with van der Waals surface area (Å²) >= 11 is 12.3. The van der Waals surface area contributed by atoms with Gasteiger partial charge >= 0.3 is 6.18 Å². The van der Waals surface area contributed by atoms with E-state index in [-0.39, 0.29) is 5.02 Å². The van der Waals surface area contributed by atoms with Crippen LogP contribution in [0.15, 0.2) is 28.3 Å². The lowest BCUT2D eigenvalue weighted by Gasteiger charge is -2.18. The zero-order chi connectivity index (χ0) is 14.6. The Morgan fingerprint density at radius 2 is 2.00 bits per heavy atom. The molecule has 0 aliphatic rings. The number of hydrogen-bond acceptors (Lipinski definition) is 3. The van der Waals surface area contributed by atoms with Gasteiger partial charge in [-0.3, -0.25) is 0 Å². The van der Waals surface area contributed by atoms with Crippen molar-refractivity contribution in [1.29, 1.82) is 0 Å². The van der Waals surface area contributed by atoms with E-state index in [0.717, 1.165) is 11.8 Å². The molecular formula is C10H9Cl2F3N2OS. The van der Waals surface area contributed by atoms with Gasteiger partial charge in [0.15, 0.2) is 5.84 Å². The molecular weight excluding hydrogens is 324 g/mol. The predicted molar refractivity (Wildman–Crippen MR) is 70.1 cm³/mol. The first-order chi connectivity index (χ1) is 8.75. The highest BCUT2D eigenvalue weighted by atomic mass is 35.5. The van der Waals surface area contributed by atoms with Crippen LogP contribution in [0.1, 0.15) is 0 Å². The van der Waals surface area contributed by atoms with Gasteiger partial charge in [-0.25, -0.2) is 0 Å². The summed E-state index contributed by atoms with van der Waals surface area (Å²) < 4.78 is 38.0. The van der Waals surface area contributed by atoms with Crippen molar-refractivity contribution in [3.63, 3.8) is 0 Å². The molecule has 0 fully saturated rings. The summed E-state index contributed by atoms with van der Waals surface area (Å²) in [5.74, 6) is -3.32. The third kappa shape index (κ3) is 4.67. The van der Waals surface area contributed by atoms with Gasteiger partial charge in [-0.1, -0.05) is 28.4 Å². The molecule has 106 valence electrons. The molecule has 0 spiro atoms. The Morgan fingerprint density at radius 3 is 2.47 bits per heavy atom. The second-order valence-electron chi connectivity index (χ2n) is 3.51. The third-order valence-electron chi connectivity index (χ3n) is 2.18. The number of hydrogen-bond donors (Lipinski definition) is 2. The molecule has 3 nitrogen and oxygen atoms in total. The van der Waals surface area contributed by atoms with Crippen molar-refractivity contribution in [3.8, 4) is 0 Å². The fraction of sp³-hybridized carbons (Fsp3) is 0.300. The van der Waals surface area contributed by atoms with E-state index < -0.39 is 23.7 Å². The van der Waals surface area contributed by atoms with E-state index in [2.05, 4.69) is 5.16 Å². The molecule has 1 aromatic rings. The van der Waals surface area contributed by atoms with Crippen LogP contribution in [0.5, 0.6) is 0 Å². The van der Waals surface area contributed by atoms with E-state index in [1.165, 1.54) is 12.1 Å². The Bertz CT molecular complexity index is 482. The second kappa shape index (κ2) is 6.58. The van der Waals surface area contributed by atoms with Gasteiger partial charge in [-0.15, -0.1) is 11.8 Å². The number of amidine groups is 1. The number of oxime groups is 1. The molecule has 1 rings (SSSR count). The van der Waals surface area contributed by atoms with E-state index in [0.29, 0.717) is 9.92 Å². The summed E-state index contributed by atoms with van der Waals surface area (Å²) in [5.41, 5.74) is 5.04. The van der Waals surface area contributed by atoms with Gasteiger partial charge in [0.05, 0.1) is 10.0 Å². The number of nitrogens with zero attached hydrogens (tertiary/aromatic N) is 1. The summed E-state index contributed by atoms with van der Waals surface area (Å²) in [7, 11) is 0. The van der Waals surface area contributed by atoms with Gasteiger partial charge in [0.1, 0.15) is 5.92 Å². The fourth-order valence-electron chi connectivity index (χ4n) is 1.16. The SMILES string of the molecule is N/C(=N/O)C(CSc1ccc(Cl)c(Cl)c1)C(F)(F)F. The predicted octanol–water partition coefficient (Wildman–Crippen LogP) is 4.01. The Hall–Kier alpha value is -0.790. The largest absolute Gasteiger partial charge is 0.409 e. The summed E-state index contributed by atoms with van der Waals surface area (Å²) in [6.07, 6.45) is -4.58. The van der Waals surface area contributed by atoms with Gasteiger partial charge < -0.3 is 10.9 Å². The molecule has 0 amide bonds. The number of alkyl halides is 3. The first-order valence-electron chi connectivity index (χ1n) is 4.87. The minimum absolute atomic E-state index is 0.249. The maximum absolute atomic E-state index is 12.7. The first kappa shape index (κ1) is 16.3. The molecule has 0 saturated carbocycles. The molecule has 0 aromatic heterocycles. The van der Waals surface area contributed by atoms with Crippen LogP contribution in [0.25, 0.3) is 0 Å². The standard InChI is InChI=1S/C10H9Cl2F3N2OS/c11-7-2-1-5(3-8(7)12)19-4-6(9(16)17-18)10(13,14)15/h1-3,6,18H,4H2,(H2,16,17). The molecule has 0 heterocycles. The molecule has 1 aromatic carbocycles. The van der Waals surface area contributed by atoms with E-state index in [1.54, 1.807) is 6.07 Å². The smallest absolute Gasteiger partial charge is 0.399 e. The van der Waals surface area contributed by atoms with E-state index in [1.807, 2.05) is 0 Å². The fourth-order valence-corrected chi connectivity index (χ4v) is 2.61. The lowest BCUT2D eigenvalue weighted by atomic mass is 10.1. The number of rotatable bonds is 4. The Labute approximate surface area is 121 Å². The molecule has 3 N–H and O–H groups in total. The molecule has 9 heteroatoms. The van der Waals surface area contributed by atoms with Gasteiger partial charge in [0, 0.05) is 10.6 Å². The van der Waals surface area contributed by atoms with Crippen LogP contribution >= 0.6 is 35.0 Å². The van der Waals surface area contributed by atoms with Crippen LogP contribution in [-0.4, -0.2) is 23.0 Å². The maximum Gasteiger partial charge on any atom is 0.399 e. The van der Waals surface area contributed by atoms with Crippen LogP contribution in [0.2, 0.25) is 10.0 Å². The molecule has 1 unspecified atom stereocenters. The molecule has 0 aliphatic carbocycles. The zero-order valence-electron chi connectivity index (χ0n) is 9.29. The average molecular weight is 333 g/mol. The van der Waals surface area contributed by atoms with Gasteiger partial charge in [0.2, 0.25) is 0 Å². The number of benzene rings is 1.